The first kappa shape index (κ1) is 15.0. The Morgan fingerprint density at radius 2 is 1.96 bits per heavy atom. The minimum absolute atomic E-state index is 0.0236. The average Bonchev–Trinajstić information content (AvgIpc) is 2.51. The molecule has 0 fully saturated rings. The van der Waals surface area contributed by atoms with Gasteiger partial charge in [0, 0.05) is 23.3 Å². The lowest BCUT2D eigenvalue weighted by Crippen LogP contribution is -2.26. The van der Waals surface area contributed by atoms with Crippen molar-refractivity contribution in [1.82, 2.24) is 0 Å². The summed E-state index contributed by atoms with van der Waals surface area (Å²) in [7, 11) is 1.47. The number of methoxy groups -OCH3 is 1. The van der Waals surface area contributed by atoms with E-state index in [0.29, 0.717) is 16.9 Å². The molecule has 3 rings (SSSR count). The molecule has 120 valence electrons. The van der Waals surface area contributed by atoms with E-state index in [1.165, 1.54) is 19.2 Å². The van der Waals surface area contributed by atoms with Crippen molar-refractivity contribution < 1.29 is 29.6 Å². The van der Waals surface area contributed by atoms with E-state index >= 15 is 0 Å². The zero-order valence-electron chi connectivity index (χ0n) is 12.7. The number of aromatic hydroxyl groups is 3. The normalized spacial score (nSPS) is 16.6. The van der Waals surface area contributed by atoms with E-state index in [1.54, 1.807) is 13.0 Å². The van der Waals surface area contributed by atoms with E-state index < -0.39 is 5.92 Å². The Labute approximate surface area is 132 Å². The van der Waals surface area contributed by atoms with Gasteiger partial charge in [-0.25, -0.2) is 0 Å². The Morgan fingerprint density at radius 3 is 2.61 bits per heavy atom. The van der Waals surface area contributed by atoms with Crippen LogP contribution in [-0.2, 0) is 0 Å². The summed E-state index contributed by atoms with van der Waals surface area (Å²) in [5.74, 6) is -0.909. The fraction of sp³-hybridized carbons (Fsp3) is 0.235. The molecule has 1 atom stereocenters. The van der Waals surface area contributed by atoms with Gasteiger partial charge in [0.05, 0.1) is 13.0 Å². The fourth-order valence-electron chi connectivity index (χ4n) is 2.77. The molecule has 23 heavy (non-hydrogen) atoms. The van der Waals surface area contributed by atoms with Gasteiger partial charge >= 0.3 is 0 Å². The van der Waals surface area contributed by atoms with Crippen LogP contribution in [0.25, 0.3) is 0 Å². The van der Waals surface area contributed by atoms with Crippen molar-refractivity contribution in [3.63, 3.8) is 0 Å². The molecule has 6 heteroatoms. The van der Waals surface area contributed by atoms with Gasteiger partial charge in [-0.3, -0.25) is 4.79 Å². The molecule has 1 aliphatic heterocycles. The molecule has 0 bridgehead atoms. The molecule has 6 nitrogen and oxygen atoms in total. The summed E-state index contributed by atoms with van der Waals surface area (Å²) < 4.78 is 10.7. The standard InChI is InChI=1S/C17H16O6/c1-8-13(22-2)6-14-15(16(8)20)17(21)11(7-23-14)10-4-3-9(18)5-12(10)19/h3-6,11,18-20H,7H2,1-2H3/t11-/m0/s1. The number of ketones is 1. The number of benzene rings is 2. The average molecular weight is 316 g/mol. The number of rotatable bonds is 2. The van der Waals surface area contributed by atoms with Crippen molar-refractivity contribution in [2.45, 2.75) is 12.8 Å². The van der Waals surface area contributed by atoms with Crippen LogP contribution in [0.3, 0.4) is 0 Å². The molecule has 0 saturated carbocycles. The van der Waals surface area contributed by atoms with E-state index in [4.69, 9.17) is 9.47 Å². The number of hydrogen-bond donors (Lipinski definition) is 3. The van der Waals surface area contributed by atoms with Gasteiger partial charge in [0.1, 0.15) is 40.9 Å². The van der Waals surface area contributed by atoms with Crippen molar-refractivity contribution in [2.24, 2.45) is 0 Å². The molecule has 2 aromatic carbocycles. The van der Waals surface area contributed by atoms with Gasteiger partial charge in [0.2, 0.25) is 0 Å². The van der Waals surface area contributed by atoms with Crippen LogP contribution in [0.1, 0.15) is 27.4 Å². The number of Topliss-reactive ketones (excluding diaryl/α,β-unsaturated/α-hetero) is 1. The third-order valence-corrected chi connectivity index (χ3v) is 4.05. The summed E-state index contributed by atoms with van der Waals surface area (Å²) in [5, 5.41) is 29.7. The molecule has 0 aliphatic carbocycles. The maximum atomic E-state index is 12.8. The Hall–Kier alpha value is -2.89. The van der Waals surface area contributed by atoms with Crippen molar-refractivity contribution in [3.05, 3.63) is 41.0 Å². The third-order valence-electron chi connectivity index (χ3n) is 4.05. The number of ether oxygens (including phenoxy) is 2. The van der Waals surface area contributed by atoms with Crippen LogP contribution in [0.2, 0.25) is 0 Å². The van der Waals surface area contributed by atoms with E-state index in [-0.39, 0.29) is 41.0 Å². The molecule has 0 saturated heterocycles. The number of phenols is 3. The molecule has 0 unspecified atom stereocenters. The minimum Gasteiger partial charge on any atom is -0.508 e. The number of carbonyl (C=O) groups excluding carboxylic acids is 1. The minimum atomic E-state index is -0.762. The first-order valence-corrected chi connectivity index (χ1v) is 7.03. The van der Waals surface area contributed by atoms with Crippen LogP contribution in [0.4, 0.5) is 0 Å². The van der Waals surface area contributed by atoms with Crippen molar-refractivity contribution in [3.8, 4) is 28.7 Å². The molecule has 1 heterocycles. The largest absolute Gasteiger partial charge is 0.508 e. The van der Waals surface area contributed by atoms with Gasteiger partial charge in [0.15, 0.2) is 5.78 Å². The second-order valence-electron chi connectivity index (χ2n) is 5.40. The van der Waals surface area contributed by atoms with Gasteiger partial charge in [-0.15, -0.1) is 0 Å². The molecule has 2 aromatic rings. The second kappa shape index (κ2) is 5.39. The summed E-state index contributed by atoms with van der Waals surface area (Å²) >= 11 is 0. The molecule has 3 N–H and O–H groups in total. The Balaban J connectivity index is 2.09. The summed E-state index contributed by atoms with van der Waals surface area (Å²) in [5.41, 5.74) is 0.858. The molecule has 0 amide bonds. The smallest absolute Gasteiger partial charge is 0.181 e. The molecule has 0 aromatic heterocycles. The van der Waals surface area contributed by atoms with Gasteiger partial charge in [-0.05, 0) is 13.0 Å². The predicted octanol–water partition coefficient (Wildman–Crippen LogP) is 2.48. The van der Waals surface area contributed by atoms with E-state index in [2.05, 4.69) is 0 Å². The lowest BCUT2D eigenvalue weighted by Gasteiger charge is -2.26. The monoisotopic (exact) mass is 316 g/mol. The number of phenolic OH excluding ortho intramolecular Hbond substituents is 3. The lowest BCUT2D eigenvalue weighted by molar-refractivity contribution is 0.0889. The van der Waals surface area contributed by atoms with Crippen LogP contribution in [0, 0.1) is 6.92 Å². The van der Waals surface area contributed by atoms with Gasteiger partial charge in [0.25, 0.3) is 0 Å². The summed E-state index contributed by atoms with van der Waals surface area (Å²) in [6.07, 6.45) is 0. The van der Waals surface area contributed by atoms with E-state index in [1.807, 2.05) is 0 Å². The Morgan fingerprint density at radius 1 is 1.22 bits per heavy atom. The zero-order valence-corrected chi connectivity index (χ0v) is 12.7. The highest BCUT2D eigenvalue weighted by Gasteiger charge is 2.35. The van der Waals surface area contributed by atoms with Crippen molar-refractivity contribution in [2.75, 3.05) is 13.7 Å². The quantitative estimate of drug-likeness (QED) is 0.787. The molecule has 0 radical (unpaired) electrons. The van der Waals surface area contributed by atoms with E-state index in [9.17, 15) is 20.1 Å². The SMILES string of the molecule is COc1cc2c(c(O)c1C)C(=O)[C@H](c1ccc(O)cc1O)CO2. The maximum Gasteiger partial charge on any atom is 0.181 e. The fourth-order valence-corrected chi connectivity index (χ4v) is 2.77. The molecule has 1 aliphatic rings. The molecular formula is C17H16O6. The zero-order chi connectivity index (χ0) is 16.7. The first-order chi connectivity index (χ1) is 10.9. The van der Waals surface area contributed by atoms with Crippen molar-refractivity contribution in [1.29, 1.82) is 0 Å². The van der Waals surface area contributed by atoms with Crippen LogP contribution in [-0.4, -0.2) is 34.8 Å². The van der Waals surface area contributed by atoms with Crippen LogP contribution in [0.5, 0.6) is 28.7 Å². The van der Waals surface area contributed by atoms with E-state index in [0.717, 1.165) is 6.07 Å². The predicted molar refractivity (Wildman–Crippen MR) is 81.7 cm³/mol. The van der Waals surface area contributed by atoms with Gasteiger partial charge in [-0.1, -0.05) is 6.07 Å². The van der Waals surface area contributed by atoms with Crippen LogP contribution in [0.15, 0.2) is 24.3 Å². The topological polar surface area (TPSA) is 96.2 Å². The molecular weight excluding hydrogens is 300 g/mol. The van der Waals surface area contributed by atoms with Gasteiger partial charge in [-0.2, -0.15) is 0 Å². The highest BCUT2D eigenvalue weighted by atomic mass is 16.5. The second-order valence-corrected chi connectivity index (χ2v) is 5.40. The maximum absolute atomic E-state index is 12.8. The third kappa shape index (κ3) is 2.32. The van der Waals surface area contributed by atoms with Crippen LogP contribution < -0.4 is 9.47 Å². The highest BCUT2D eigenvalue weighted by molar-refractivity contribution is 6.07. The summed E-state index contributed by atoms with van der Waals surface area (Å²) in [6.45, 7) is 1.67. The van der Waals surface area contributed by atoms with Gasteiger partial charge < -0.3 is 24.8 Å². The number of fused-ring (bicyclic) bond motifs is 1. The lowest BCUT2D eigenvalue weighted by atomic mass is 9.87. The van der Waals surface area contributed by atoms with Crippen molar-refractivity contribution >= 4 is 5.78 Å². The first-order valence-electron chi connectivity index (χ1n) is 7.03. The summed E-state index contributed by atoms with van der Waals surface area (Å²) in [6, 6.07) is 5.58. The number of hydrogen-bond acceptors (Lipinski definition) is 6. The van der Waals surface area contributed by atoms with Crippen LogP contribution >= 0.6 is 0 Å². The highest BCUT2D eigenvalue weighted by Crippen LogP contribution is 2.44. The number of carbonyl (C=O) groups is 1. The Bertz CT molecular complexity index is 796. The Kier molecular flexibility index (Phi) is 3.52. The summed E-state index contributed by atoms with van der Waals surface area (Å²) in [4.78, 5) is 12.8. The molecule has 0 spiro atoms.